The van der Waals surface area contributed by atoms with E-state index in [1.54, 1.807) is 0 Å². The minimum atomic E-state index is 0.632. The minimum absolute atomic E-state index is 0.632. The van der Waals surface area contributed by atoms with Crippen LogP contribution in [0.3, 0.4) is 0 Å². The molecule has 0 aromatic rings. The first-order valence-corrected chi connectivity index (χ1v) is 5.99. The van der Waals surface area contributed by atoms with Gasteiger partial charge in [-0.2, -0.15) is 0 Å². The quantitative estimate of drug-likeness (QED) is 0.532. The predicted molar refractivity (Wildman–Crippen MR) is 57.4 cm³/mol. The summed E-state index contributed by atoms with van der Waals surface area (Å²) < 4.78 is 1.36. The molecule has 0 aliphatic carbocycles. The first-order chi connectivity index (χ1) is 6.86. The van der Waals surface area contributed by atoms with Gasteiger partial charge in [0.25, 0.3) is 0 Å². The molecule has 2 atom stereocenters. The topological polar surface area (TPSA) is 39.7 Å². The van der Waals surface area contributed by atoms with Gasteiger partial charge >= 0.3 is 91.2 Å². The third kappa shape index (κ3) is 1.27. The van der Waals surface area contributed by atoms with E-state index in [-0.39, 0.29) is 0 Å². The molecule has 2 N–H and O–H groups in total. The molecule has 3 heterocycles. The van der Waals surface area contributed by atoms with Gasteiger partial charge in [0.1, 0.15) is 0 Å². The van der Waals surface area contributed by atoms with Gasteiger partial charge in [-0.3, -0.25) is 0 Å². The Morgan fingerprint density at radius 2 is 2.14 bits per heavy atom. The molecule has 3 rings (SSSR count). The molecule has 76 valence electrons. The average molecular weight is 257 g/mol. The number of rotatable bonds is 0. The van der Waals surface area contributed by atoms with Gasteiger partial charge in [0, 0.05) is 0 Å². The van der Waals surface area contributed by atoms with E-state index in [2.05, 4.69) is 36.1 Å². The van der Waals surface area contributed by atoms with Crippen LogP contribution in [0.15, 0.2) is 4.99 Å². The van der Waals surface area contributed by atoms with Crippen LogP contribution in [-0.4, -0.2) is 57.3 Å². The van der Waals surface area contributed by atoms with Gasteiger partial charge in [0.15, 0.2) is 0 Å². The first-order valence-electron chi connectivity index (χ1n) is 5.13. The van der Waals surface area contributed by atoms with E-state index in [0.717, 1.165) is 26.4 Å². The zero-order chi connectivity index (χ0) is 9.54. The van der Waals surface area contributed by atoms with Crippen LogP contribution in [0.2, 0.25) is 0 Å². The molecule has 14 heavy (non-hydrogen) atoms. The van der Waals surface area contributed by atoms with Crippen molar-refractivity contribution >= 4 is 26.0 Å². The van der Waals surface area contributed by atoms with E-state index in [4.69, 9.17) is 0 Å². The fourth-order valence-corrected chi connectivity index (χ4v) is 3.26. The number of nitrogens with one attached hydrogen (secondary N) is 2. The van der Waals surface area contributed by atoms with Crippen molar-refractivity contribution in [1.29, 1.82) is 0 Å². The summed E-state index contributed by atoms with van der Waals surface area (Å²) in [5.41, 5.74) is 0. The fraction of sp³-hybridized carbons (Fsp3) is 0.778. The second-order valence-electron chi connectivity index (χ2n) is 4.14. The Kier molecular flexibility index (Phi) is 2.21. The molecule has 3 aliphatic heterocycles. The summed E-state index contributed by atoms with van der Waals surface area (Å²) in [6.07, 6.45) is 1.27. The SMILES string of the molecule is [Se]=C1C2CNCC(C2)C2=NCNCN12. The number of nitrogens with zero attached hydrogens (tertiary/aromatic N) is 2. The van der Waals surface area contributed by atoms with Crippen LogP contribution < -0.4 is 10.6 Å². The fourth-order valence-electron chi connectivity index (χ4n) is 2.55. The number of hydrogen-bond acceptors (Lipinski definition) is 4. The van der Waals surface area contributed by atoms with Crippen LogP contribution in [-0.2, 0) is 0 Å². The van der Waals surface area contributed by atoms with Crippen molar-refractivity contribution < 1.29 is 0 Å². The van der Waals surface area contributed by atoms with Crippen molar-refractivity contribution in [2.24, 2.45) is 16.8 Å². The molecular formula is C9H14N4Se. The molecule has 2 fully saturated rings. The van der Waals surface area contributed by atoms with E-state index in [0.29, 0.717) is 11.8 Å². The van der Waals surface area contributed by atoms with Crippen molar-refractivity contribution in [2.45, 2.75) is 6.42 Å². The predicted octanol–water partition coefficient (Wildman–Crippen LogP) is -1.26. The van der Waals surface area contributed by atoms with Gasteiger partial charge in [-0.25, -0.2) is 0 Å². The van der Waals surface area contributed by atoms with Crippen LogP contribution >= 0.6 is 0 Å². The number of aliphatic imine (C=N–C) groups is 1. The first kappa shape index (κ1) is 9.04. The molecule has 4 nitrogen and oxygen atoms in total. The van der Waals surface area contributed by atoms with Crippen molar-refractivity contribution in [3.63, 3.8) is 0 Å². The summed E-state index contributed by atoms with van der Waals surface area (Å²) in [5, 5.41) is 6.76. The normalized spacial score (nSPS) is 36.4. The molecule has 2 bridgehead atoms. The van der Waals surface area contributed by atoms with E-state index < -0.39 is 0 Å². The van der Waals surface area contributed by atoms with Gasteiger partial charge in [-0.05, 0) is 0 Å². The van der Waals surface area contributed by atoms with E-state index >= 15 is 0 Å². The zero-order valence-electron chi connectivity index (χ0n) is 7.99. The zero-order valence-corrected chi connectivity index (χ0v) is 9.71. The Labute approximate surface area is 91.5 Å². The number of amidine groups is 1. The Hall–Kier alpha value is -0.221. The Morgan fingerprint density at radius 1 is 1.29 bits per heavy atom. The summed E-state index contributed by atoms with van der Waals surface area (Å²) in [7, 11) is 0. The summed E-state index contributed by atoms with van der Waals surface area (Å²) in [6, 6.07) is 0. The second kappa shape index (κ2) is 3.42. The van der Waals surface area contributed by atoms with Gasteiger partial charge < -0.3 is 0 Å². The molecule has 3 aliphatic rings. The van der Waals surface area contributed by atoms with Crippen LogP contribution in [0.25, 0.3) is 0 Å². The summed E-state index contributed by atoms with van der Waals surface area (Å²) in [5.74, 6) is 2.58. The molecule has 2 unspecified atom stereocenters. The molecule has 0 aromatic heterocycles. The third-order valence-corrected chi connectivity index (χ3v) is 4.39. The van der Waals surface area contributed by atoms with Crippen LogP contribution in [0.5, 0.6) is 0 Å². The van der Waals surface area contributed by atoms with Gasteiger partial charge in [0.2, 0.25) is 0 Å². The van der Waals surface area contributed by atoms with E-state index in [9.17, 15) is 0 Å². The summed E-state index contributed by atoms with van der Waals surface area (Å²) >= 11 is 3.22. The van der Waals surface area contributed by atoms with Crippen LogP contribution in [0.4, 0.5) is 0 Å². The van der Waals surface area contributed by atoms with Crippen molar-refractivity contribution in [1.82, 2.24) is 15.5 Å². The monoisotopic (exact) mass is 258 g/mol. The molecule has 2 saturated heterocycles. The third-order valence-electron chi connectivity index (χ3n) is 3.23. The van der Waals surface area contributed by atoms with Crippen molar-refractivity contribution in [2.75, 3.05) is 26.4 Å². The average Bonchev–Trinajstić information content (AvgIpc) is 2.27. The molecular weight excluding hydrogens is 243 g/mol. The molecule has 0 radical (unpaired) electrons. The maximum atomic E-state index is 4.57. The van der Waals surface area contributed by atoms with Crippen LogP contribution in [0.1, 0.15) is 6.42 Å². The molecule has 0 saturated carbocycles. The van der Waals surface area contributed by atoms with Gasteiger partial charge in [-0.15, -0.1) is 0 Å². The standard InChI is InChI=1S/C9H14N4Se/c14-9-7-1-6(2-10-3-7)8-12-4-11-5-13(8)9/h6-7,10-11H,1-5H2. The Balaban J connectivity index is 1.96. The number of piperidine rings is 2. The maximum absolute atomic E-state index is 4.57. The second-order valence-corrected chi connectivity index (χ2v) is 5.01. The molecule has 0 aromatic carbocycles. The number of fused-ring (bicyclic) bond motifs is 4. The van der Waals surface area contributed by atoms with Crippen molar-refractivity contribution in [3.05, 3.63) is 0 Å². The van der Waals surface area contributed by atoms with E-state index in [1.165, 1.54) is 16.8 Å². The summed E-state index contributed by atoms with van der Waals surface area (Å²) in [4.78, 5) is 6.90. The van der Waals surface area contributed by atoms with Crippen LogP contribution in [0, 0.1) is 11.8 Å². The molecule has 5 heteroatoms. The van der Waals surface area contributed by atoms with Gasteiger partial charge in [0.05, 0.1) is 0 Å². The summed E-state index contributed by atoms with van der Waals surface area (Å²) in [6.45, 7) is 3.91. The Bertz CT molecular complexity index is 301. The molecule has 0 spiro atoms. The van der Waals surface area contributed by atoms with Gasteiger partial charge in [-0.1, -0.05) is 0 Å². The molecule has 0 amide bonds. The van der Waals surface area contributed by atoms with E-state index in [1.807, 2.05) is 0 Å². The number of hydrogen-bond donors (Lipinski definition) is 2. The Morgan fingerprint density at radius 3 is 3.07 bits per heavy atom. The van der Waals surface area contributed by atoms with Crippen molar-refractivity contribution in [3.8, 4) is 0 Å².